The Labute approximate surface area is 111 Å². The van der Waals surface area contributed by atoms with Crippen LogP contribution in [0.5, 0.6) is 0 Å². The molecule has 0 saturated carbocycles. The van der Waals surface area contributed by atoms with Gasteiger partial charge in [-0.3, -0.25) is 5.10 Å². The molecule has 0 saturated heterocycles. The summed E-state index contributed by atoms with van der Waals surface area (Å²) >= 11 is 1.65. The molecule has 5 nitrogen and oxygen atoms in total. The lowest BCUT2D eigenvalue weighted by Crippen LogP contribution is -2.23. The molecule has 0 aliphatic rings. The molecule has 0 amide bonds. The molecule has 0 unspecified atom stereocenters. The molecule has 0 radical (unpaired) electrons. The number of rotatable bonds is 6. The summed E-state index contributed by atoms with van der Waals surface area (Å²) in [6, 6.07) is 0.545. The van der Waals surface area contributed by atoms with Crippen LogP contribution in [0.15, 0.2) is 6.20 Å². The number of nitrogens with one attached hydrogen (secondary N) is 2. The van der Waals surface area contributed by atoms with Gasteiger partial charge in [0.05, 0.1) is 11.8 Å². The zero-order valence-corrected chi connectivity index (χ0v) is 11.8. The van der Waals surface area contributed by atoms with Crippen LogP contribution in [-0.2, 0) is 6.42 Å². The second-order valence-electron chi connectivity index (χ2n) is 4.62. The van der Waals surface area contributed by atoms with Gasteiger partial charge in [0.15, 0.2) is 5.01 Å². The number of nitrogens with zero attached hydrogens (tertiary/aromatic N) is 3. The SMILES string of the molecule is Cc1[nH]ncc1-c1nnc(CCCNC(C)C)s1. The zero-order valence-electron chi connectivity index (χ0n) is 11.0. The van der Waals surface area contributed by atoms with E-state index < -0.39 is 0 Å². The highest BCUT2D eigenvalue weighted by molar-refractivity contribution is 7.14. The van der Waals surface area contributed by atoms with Gasteiger partial charge in [0, 0.05) is 18.2 Å². The van der Waals surface area contributed by atoms with Crippen LogP contribution in [0.4, 0.5) is 0 Å². The largest absolute Gasteiger partial charge is 0.315 e. The second-order valence-corrected chi connectivity index (χ2v) is 5.68. The van der Waals surface area contributed by atoms with Crippen LogP contribution in [0.1, 0.15) is 31.0 Å². The molecular formula is C12H19N5S. The Balaban J connectivity index is 1.89. The van der Waals surface area contributed by atoms with Gasteiger partial charge >= 0.3 is 0 Å². The highest BCUT2D eigenvalue weighted by atomic mass is 32.1. The highest BCUT2D eigenvalue weighted by Gasteiger charge is 2.10. The minimum absolute atomic E-state index is 0.545. The van der Waals surface area contributed by atoms with Crippen molar-refractivity contribution in [3.8, 4) is 10.6 Å². The van der Waals surface area contributed by atoms with Crippen molar-refractivity contribution in [1.82, 2.24) is 25.7 Å². The van der Waals surface area contributed by atoms with E-state index in [4.69, 9.17) is 0 Å². The van der Waals surface area contributed by atoms with Crippen molar-refractivity contribution < 1.29 is 0 Å². The van der Waals surface area contributed by atoms with Crippen LogP contribution in [-0.4, -0.2) is 33.0 Å². The van der Waals surface area contributed by atoms with Gasteiger partial charge in [-0.1, -0.05) is 25.2 Å². The van der Waals surface area contributed by atoms with Gasteiger partial charge in [0.1, 0.15) is 5.01 Å². The molecule has 0 spiro atoms. The van der Waals surface area contributed by atoms with Crippen molar-refractivity contribution in [2.75, 3.05) is 6.54 Å². The first kappa shape index (κ1) is 13.2. The molecule has 2 N–H and O–H groups in total. The van der Waals surface area contributed by atoms with E-state index in [1.54, 1.807) is 17.5 Å². The van der Waals surface area contributed by atoms with Gasteiger partial charge in [0.2, 0.25) is 0 Å². The van der Waals surface area contributed by atoms with E-state index in [1.165, 1.54) is 0 Å². The third kappa shape index (κ3) is 3.36. The Hall–Kier alpha value is -1.27. The number of H-pyrrole nitrogens is 1. The molecule has 0 bridgehead atoms. The Morgan fingerprint density at radius 3 is 2.89 bits per heavy atom. The third-order valence-corrected chi connectivity index (χ3v) is 3.66. The van der Waals surface area contributed by atoms with Gasteiger partial charge in [-0.15, -0.1) is 10.2 Å². The van der Waals surface area contributed by atoms with E-state index in [2.05, 4.69) is 39.6 Å². The third-order valence-electron chi connectivity index (χ3n) is 2.65. The fourth-order valence-corrected chi connectivity index (χ4v) is 2.61. The zero-order chi connectivity index (χ0) is 13.0. The average molecular weight is 265 g/mol. The maximum atomic E-state index is 4.23. The van der Waals surface area contributed by atoms with E-state index in [-0.39, 0.29) is 0 Å². The van der Waals surface area contributed by atoms with E-state index in [0.717, 1.165) is 40.7 Å². The standard InChI is InChI=1S/C12H19N5S/c1-8(2)13-6-4-5-11-16-17-12(18-11)10-7-14-15-9(10)3/h7-8,13H,4-6H2,1-3H3,(H,14,15). The van der Waals surface area contributed by atoms with Crippen molar-refractivity contribution in [2.45, 2.75) is 39.7 Å². The Kier molecular flexibility index (Phi) is 4.43. The van der Waals surface area contributed by atoms with Gasteiger partial charge in [-0.25, -0.2) is 0 Å². The van der Waals surface area contributed by atoms with E-state index >= 15 is 0 Å². The topological polar surface area (TPSA) is 66.5 Å². The molecule has 0 aliphatic heterocycles. The quantitative estimate of drug-likeness (QED) is 0.786. The average Bonchev–Trinajstić information content (AvgIpc) is 2.92. The molecule has 98 valence electrons. The number of aryl methyl sites for hydroxylation is 2. The predicted molar refractivity (Wildman–Crippen MR) is 73.7 cm³/mol. The van der Waals surface area contributed by atoms with Crippen molar-refractivity contribution >= 4 is 11.3 Å². The molecular weight excluding hydrogens is 246 g/mol. The van der Waals surface area contributed by atoms with Gasteiger partial charge in [-0.2, -0.15) is 5.10 Å². The summed E-state index contributed by atoms with van der Waals surface area (Å²) < 4.78 is 0. The lowest BCUT2D eigenvalue weighted by Gasteiger charge is -2.05. The molecule has 2 aromatic rings. The molecule has 0 fully saturated rings. The number of hydrogen-bond donors (Lipinski definition) is 2. The summed E-state index contributed by atoms with van der Waals surface area (Å²) in [6.07, 6.45) is 3.88. The summed E-state index contributed by atoms with van der Waals surface area (Å²) in [5, 5.41) is 20.8. The fraction of sp³-hybridized carbons (Fsp3) is 0.583. The summed E-state index contributed by atoms with van der Waals surface area (Å²) in [7, 11) is 0. The van der Waals surface area contributed by atoms with Crippen LogP contribution in [0, 0.1) is 6.92 Å². The summed E-state index contributed by atoms with van der Waals surface area (Å²) in [5.41, 5.74) is 2.10. The monoisotopic (exact) mass is 265 g/mol. The maximum absolute atomic E-state index is 4.23. The second kappa shape index (κ2) is 6.06. The minimum Gasteiger partial charge on any atom is -0.315 e. The van der Waals surface area contributed by atoms with Crippen molar-refractivity contribution in [3.05, 3.63) is 16.9 Å². The summed E-state index contributed by atoms with van der Waals surface area (Å²) in [6.45, 7) is 7.34. The fourth-order valence-electron chi connectivity index (χ4n) is 1.66. The van der Waals surface area contributed by atoms with Crippen LogP contribution in [0.25, 0.3) is 10.6 Å². The van der Waals surface area contributed by atoms with E-state index in [9.17, 15) is 0 Å². The minimum atomic E-state index is 0.545. The first-order valence-corrected chi connectivity index (χ1v) is 7.04. The van der Waals surface area contributed by atoms with Crippen molar-refractivity contribution in [1.29, 1.82) is 0 Å². The van der Waals surface area contributed by atoms with Crippen LogP contribution in [0.3, 0.4) is 0 Å². The number of aromatic nitrogens is 4. The Morgan fingerprint density at radius 2 is 2.22 bits per heavy atom. The van der Waals surface area contributed by atoms with Gasteiger partial charge in [-0.05, 0) is 19.9 Å². The van der Waals surface area contributed by atoms with Crippen LogP contribution < -0.4 is 5.32 Å². The number of hydrogen-bond acceptors (Lipinski definition) is 5. The molecule has 2 rings (SSSR count). The number of aromatic amines is 1. The van der Waals surface area contributed by atoms with Gasteiger partial charge < -0.3 is 5.32 Å². The first-order chi connectivity index (χ1) is 8.66. The summed E-state index contributed by atoms with van der Waals surface area (Å²) in [5.74, 6) is 0. The van der Waals surface area contributed by atoms with Crippen molar-refractivity contribution in [3.63, 3.8) is 0 Å². The van der Waals surface area contributed by atoms with E-state index in [0.29, 0.717) is 6.04 Å². The summed E-state index contributed by atoms with van der Waals surface area (Å²) in [4.78, 5) is 0. The Morgan fingerprint density at radius 1 is 1.39 bits per heavy atom. The van der Waals surface area contributed by atoms with Crippen molar-refractivity contribution in [2.24, 2.45) is 0 Å². The molecule has 0 aliphatic carbocycles. The Bertz CT molecular complexity index is 488. The normalized spacial score (nSPS) is 11.3. The van der Waals surface area contributed by atoms with Crippen LogP contribution >= 0.6 is 11.3 Å². The molecule has 2 heterocycles. The molecule has 6 heteroatoms. The predicted octanol–water partition coefficient (Wildman–Crippen LogP) is 2.17. The highest BCUT2D eigenvalue weighted by Crippen LogP contribution is 2.25. The molecule has 0 aromatic carbocycles. The lowest BCUT2D eigenvalue weighted by atomic mass is 10.3. The molecule has 18 heavy (non-hydrogen) atoms. The smallest absolute Gasteiger partial charge is 0.151 e. The first-order valence-electron chi connectivity index (χ1n) is 6.23. The molecule has 0 atom stereocenters. The van der Waals surface area contributed by atoms with Crippen LogP contribution in [0.2, 0.25) is 0 Å². The van der Waals surface area contributed by atoms with E-state index in [1.807, 2.05) is 6.92 Å². The molecule has 2 aromatic heterocycles. The van der Waals surface area contributed by atoms with Gasteiger partial charge in [0.25, 0.3) is 0 Å². The lowest BCUT2D eigenvalue weighted by molar-refractivity contribution is 0.569. The maximum Gasteiger partial charge on any atom is 0.151 e.